The molecule has 1 heterocycles. The number of aromatic nitrogens is 2. The fourth-order valence-corrected chi connectivity index (χ4v) is 2.82. The second-order valence-electron chi connectivity index (χ2n) is 5.54. The first-order valence-corrected chi connectivity index (χ1v) is 8.02. The van der Waals surface area contributed by atoms with Crippen molar-refractivity contribution >= 4 is 29.1 Å². The normalized spacial score (nSPS) is 10.5. The van der Waals surface area contributed by atoms with Gasteiger partial charge in [-0.3, -0.25) is 14.5 Å². The van der Waals surface area contributed by atoms with Crippen LogP contribution < -0.4 is 16.3 Å². The fourth-order valence-electron chi connectivity index (χ4n) is 2.63. The number of carbonyl (C=O) groups excluding carboxylic acids is 1. The van der Waals surface area contributed by atoms with Crippen LogP contribution >= 0.6 is 11.6 Å². The summed E-state index contributed by atoms with van der Waals surface area (Å²) in [4.78, 5) is 24.8. The van der Waals surface area contributed by atoms with E-state index in [1.807, 2.05) is 30.3 Å². The molecule has 7 heteroatoms. The summed E-state index contributed by atoms with van der Waals surface area (Å²) in [6.07, 6.45) is 0. The lowest BCUT2D eigenvalue weighted by atomic mass is 10.3. The molecule has 0 spiro atoms. The molecule has 2 N–H and O–H groups in total. The van der Waals surface area contributed by atoms with Crippen molar-refractivity contribution in [1.29, 1.82) is 0 Å². The zero-order valence-electron chi connectivity index (χ0n) is 13.8. The number of benzene rings is 2. The summed E-state index contributed by atoms with van der Waals surface area (Å²) in [7, 11) is 1.61. The number of carbonyl (C=O) groups is 1. The van der Waals surface area contributed by atoms with Crippen LogP contribution in [0.25, 0.3) is 5.69 Å². The van der Waals surface area contributed by atoms with Crippen LogP contribution in [-0.4, -0.2) is 15.2 Å². The monoisotopic (exact) mass is 356 g/mol. The number of nitrogens with one attached hydrogen (secondary N) is 2. The number of rotatable bonds is 3. The average Bonchev–Trinajstić information content (AvgIpc) is 2.79. The van der Waals surface area contributed by atoms with Crippen molar-refractivity contribution in [1.82, 2.24) is 9.13 Å². The van der Waals surface area contributed by atoms with Crippen LogP contribution in [0, 0.1) is 6.92 Å². The summed E-state index contributed by atoms with van der Waals surface area (Å²) < 4.78 is 2.95. The Labute approximate surface area is 149 Å². The summed E-state index contributed by atoms with van der Waals surface area (Å²) in [5.41, 5.74) is 1.71. The molecule has 128 valence electrons. The number of hydrogen-bond acceptors (Lipinski definition) is 2. The predicted octanol–water partition coefficient (Wildman–Crippen LogP) is 3.78. The fraction of sp³-hybridized carbons (Fsp3) is 0.111. The third-order valence-electron chi connectivity index (χ3n) is 3.82. The minimum atomic E-state index is -0.453. The van der Waals surface area contributed by atoms with Gasteiger partial charge in [0, 0.05) is 17.8 Å². The molecule has 0 atom stereocenters. The number of para-hydroxylation sites is 1. The van der Waals surface area contributed by atoms with Gasteiger partial charge in [0.2, 0.25) is 0 Å². The van der Waals surface area contributed by atoms with Crippen molar-refractivity contribution in [3.05, 3.63) is 75.8 Å². The van der Waals surface area contributed by atoms with Gasteiger partial charge in [0.15, 0.2) is 0 Å². The third-order valence-corrected chi connectivity index (χ3v) is 4.06. The van der Waals surface area contributed by atoms with E-state index in [0.717, 1.165) is 5.69 Å². The van der Waals surface area contributed by atoms with Gasteiger partial charge in [-0.2, -0.15) is 0 Å². The molecular formula is C18H17ClN4O2. The molecule has 0 aliphatic carbocycles. The Hall–Kier alpha value is -2.99. The first-order chi connectivity index (χ1) is 12.0. The molecule has 0 saturated heterocycles. The van der Waals surface area contributed by atoms with Gasteiger partial charge in [-0.15, -0.1) is 0 Å². The highest BCUT2D eigenvalue weighted by atomic mass is 35.5. The lowest BCUT2D eigenvalue weighted by molar-refractivity contribution is 0.262. The number of amides is 2. The SMILES string of the molecule is Cc1c(NC(=O)Nc2cccc(Cl)c2)n(C)c(=O)n1-c1ccccc1. The largest absolute Gasteiger partial charge is 0.334 e. The summed E-state index contributed by atoms with van der Waals surface area (Å²) in [5, 5.41) is 5.95. The molecule has 0 radical (unpaired) electrons. The quantitative estimate of drug-likeness (QED) is 0.749. The Morgan fingerprint density at radius 1 is 1.04 bits per heavy atom. The van der Waals surface area contributed by atoms with E-state index in [1.165, 1.54) is 4.57 Å². The number of nitrogens with zero attached hydrogens (tertiary/aromatic N) is 2. The lowest BCUT2D eigenvalue weighted by Gasteiger charge is -2.09. The highest BCUT2D eigenvalue weighted by molar-refractivity contribution is 6.30. The predicted molar refractivity (Wildman–Crippen MR) is 99.8 cm³/mol. The van der Waals surface area contributed by atoms with E-state index < -0.39 is 6.03 Å². The Balaban J connectivity index is 1.88. The third kappa shape index (κ3) is 3.44. The molecule has 0 bridgehead atoms. The van der Waals surface area contributed by atoms with E-state index in [9.17, 15) is 9.59 Å². The Morgan fingerprint density at radius 2 is 1.76 bits per heavy atom. The van der Waals surface area contributed by atoms with Gasteiger partial charge in [0.1, 0.15) is 5.82 Å². The Morgan fingerprint density at radius 3 is 2.44 bits per heavy atom. The minimum absolute atomic E-state index is 0.234. The summed E-state index contributed by atoms with van der Waals surface area (Å²) >= 11 is 5.91. The summed E-state index contributed by atoms with van der Waals surface area (Å²) in [6.45, 7) is 1.78. The molecule has 6 nitrogen and oxygen atoms in total. The van der Waals surface area contributed by atoms with Crippen molar-refractivity contribution in [2.75, 3.05) is 10.6 Å². The molecule has 3 aromatic rings. The number of anilines is 2. The van der Waals surface area contributed by atoms with Crippen LogP contribution in [0.15, 0.2) is 59.4 Å². The number of urea groups is 1. The van der Waals surface area contributed by atoms with E-state index in [4.69, 9.17) is 11.6 Å². The summed E-state index contributed by atoms with van der Waals surface area (Å²) in [5.74, 6) is 0.424. The highest BCUT2D eigenvalue weighted by Crippen LogP contribution is 2.18. The molecule has 1 aromatic heterocycles. The number of imidazole rings is 1. The zero-order chi connectivity index (χ0) is 18.0. The van der Waals surface area contributed by atoms with Gasteiger partial charge in [-0.05, 0) is 37.3 Å². The first kappa shape index (κ1) is 16.9. The van der Waals surface area contributed by atoms with E-state index in [-0.39, 0.29) is 5.69 Å². The maximum Gasteiger partial charge on any atom is 0.334 e. The standard InChI is InChI=1S/C18H17ClN4O2/c1-12-16(21-17(24)20-14-8-6-7-13(19)11-14)22(2)18(25)23(12)15-9-4-3-5-10-15/h3-11H,1-2H3,(H2,20,21,24). The first-order valence-electron chi connectivity index (χ1n) is 7.64. The molecule has 2 aromatic carbocycles. The minimum Gasteiger partial charge on any atom is -0.308 e. The number of halogens is 1. The van der Waals surface area contributed by atoms with Crippen LogP contribution in [0.5, 0.6) is 0 Å². The van der Waals surface area contributed by atoms with Gasteiger partial charge in [0.05, 0.1) is 11.4 Å². The van der Waals surface area contributed by atoms with Crippen molar-refractivity contribution in [3.8, 4) is 5.69 Å². The van der Waals surface area contributed by atoms with Gasteiger partial charge in [0.25, 0.3) is 0 Å². The lowest BCUT2D eigenvalue weighted by Crippen LogP contribution is -2.24. The second kappa shape index (κ2) is 6.86. The molecule has 0 aliphatic rings. The van der Waals surface area contributed by atoms with Crippen molar-refractivity contribution in [2.24, 2.45) is 7.05 Å². The van der Waals surface area contributed by atoms with Gasteiger partial charge < -0.3 is 5.32 Å². The molecule has 0 saturated carbocycles. The smallest absolute Gasteiger partial charge is 0.308 e. The molecular weight excluding hydrogens is 340 g/mol. The van der Waals surface area contributed by atoms with Crippen molar-refractivity contribution < 1.29 is 4.79 Å². The molecule has 2 amide bonds. The van der Waals surface area contributed by atoms with Crippen LogP contribution in [0.1, 0.15) is 5.69 Å². The molecule has 0 aliphatic heterocycles. The van der Waals surface area contributed by atoms with Crippen LogP contribution in [0.3, 0.4) is 0 Å². The molecule has 0 fully saturated rings. The summed E-state index contributed by atoms with van der Waals surface area (Å²) in [6, 6.07) is 15.6. The van der Waals surface area contributed by atoms with E-state index >= 15 is 0 Å². The Bertz CT molecular complexity index is 976. The van der Waals surface area contributed by atoms with Crippen LogP contribution in [-0.2, 0) is 7.05 Å². The van der Waals surface area contributed by atoms with Crippen LogP contribution in [0.4, 0.5) is 16.3 Å². The van der Waals surface area contributed by atoms with E-state index in [1.54, 1.807) is 42.8 Å². The van der Waals surface area contributed by atoms with Crippen molar-refractivity contribution in [2.45, 2.75) is 6.92 Å². The molecule has 0 unspecified atom stereocenters. The molecule has 3 rings (SSSR count). The second-order valence-corrected chi connectivity index (χ2v) is 5.97. The van der Waals surface area contributed by atoms with Gasteiger partial charge in [-0.1, -0.05) is 35.9 Å². The Kier molecular flexibility index (Phi) is 4.63. The van der Waals surface area contributed by atoms with Crippen molar-refractivity contribution in [3.63, 3.8) is 0 Å². The van der Waals surface area contributed by atoms with Gasteiger partial charge in [-0.25, -0.2) is 9.59 Å². The highest BCUT2D eigenvalue weighted by Gasteiger charge is 2.17. The maximum absolute atomic E-state index is 12.5. The van der Waals surface area contributed by atoms with E-state index in [0.29, 0.717) is 22.2 Å². The van der Waals surface area contributed by atoms with E-state index in [2.05, 4.69) is 10.6 Å². The topological polar surface area (TPSA) is 68.1 Å². The number of hydrogen-bond donors (Lipinski definition) is 2. The van der Waals surface area contributed by atoms with Crippen LogP contribution in [0.2, 0.25) is 5.02 Å². The average molecular weight is 357 g/mol. The molecule has 25 heavy (non-hydrogen) atoms. The maximum atomic E-state index is 12.5. The van der Waals surface area contributed by atoms with Gasteiger partial charge >= 0.3 is 11.7 Å². The zero-order valence-corrected chi connectivity index (χ0v) is 14.5.